The van der Waals surface area contributed by atoms with Gasteiger partial charge in [0.15, 0.2) is 3.95 Å². The van der Waals surface area contributed by atoms with E-state index >= 15 is 0 Å². The summed E-state index contributed by atoms with van der Waals surface area (Å²) in [6.07, 6.45) is 3.40. The monoisotopic (exact) mass is 395 g/mol. The summed E-state index contributed by atoms with van der Waals surface area (Å²) in [6.45, 7) is 2.00. The van der Waals surface area contributed by atoms with Crippen molar-refractivity contribution in [2.24, 2.45) is 10.2 Å². The highest BCUT2D eigenvalue weighted by Crippen LogP contribution is 2.32. The van der Waals surface area contributed by atoms with Crippen molar-refractivity contribution >= 4 is 41.6 Å². The maximum absolute atomic E-state index is 13.2. The van der Waals surface area contributed by atoms with Crippen molar-refractivity contribution in [2.75, 3.05) is 0 Å². The molecule has 1 aromatic heterocycles. The van der Waals surface area contributed by atoms with Crippen LogP contribution in [-0.4, -0.2) is 21.6 Å². The molecule has 1 aliphatic heterocycles. The molecule has 1 aliphatic rings. The van der Waals surface area contributed by atoms with Gasteiger partial charge < -0.3 is 5.11 Å². The van der Waals surface area contributed by atoms with E-state index in [2.05, 4.69) is 10.2 Å². The minimum Gasteiger partial charge on any atom is -0.493 e. The van der Waals surface area contributed by atoms with Gasteiger partial charge in [0.05, 0.1) is 16.8 Å². The molecule has 2 heterocycles. The summed E-state index contributed by atoms with van der Waals surface area (Å²) in [7, 11) is 0. The molecule has 0 aliphatic carbocycles. The first-order valence-electron chi connectivity index (χ1n) is 8.14. The maximum atomic E-state index is 13.2. The zero-order valence-electron chi connectivity index (χ0n) is 14.3. The van der Waals surface area contributed by atoms with E-state index in [0.29, 0.717) is 14.5 Å². The Hall–Kier alpha value is -2.90. The summed E-state index contributed by atoms with van der Waals surface area (Å²) in [4.78, 5) is 0.610. The minimum absolute atomic E-state index is 0.0695. The standard InChI is InChI=1S/C20H14FN3OS2/c1-12-2-8-16(9-3-12)24-19(25)17(27-20(24)26)10-14-11-22-23-18(14)13-4-6-15(21)7-5-13/h2-11,25H,1H3/b14-10-. The van der Waals surface area contributed by atoms with Gasteiger partial charge >= 0.3 is 0 Å². The predicted molar refractivity (Wildman–Crippen MR) is 110 cm³/mol. The van der Waals surface area contributed by atoms with Crippen molar-refractivity contribution in [1.82, 2.24) is 4.57 Å². The molecule has 1 N–H and O–H groups in total. The first kappa shape index (κ1) is 17.5. The van der Waals surface area contributed by atoms with E-state index in [1.54, 1.807) is 29.0 Å². The van der Waals surface area contributed by atoms with E-state index in [4.69, 9.17) is 12.2 Å². The Bertz CT molecular complexity index is 1150. The van der Waals surface area contributed by atoms with Gasteiger partial charge in [0.1, 0.15) is 11.5 Å². The number of hydrogen-bond donors (Lipinski definition) is 1. The molecular weight excluding hydrogens is 381 g/mol. The molecule has 3 aromatic rings. The Morgan fingerprint density at radius 2 is 1.81 bits per heavy atom. The van der Waals surface area contributed by atoms with Gasteiger partial charge in [-0.15, -0.1) is 16.4 Å². The fraction of sp³-hybridized carbons (Fsp3) is 0.0500. The number of allylic oxidation sites excluding steroid dienone is 1. The quantitative estimate of drug-likeness (QED) is 0.612. The van der Waals surface area contributed by atoms with Crippen LogP contribution in [0.5, 0.6) is 5.88 Å². The zero-order chi connectivity index (χ0) is 19.0. The van der Waals surface area contributed by atoms with Crippen LogP contribution in [0, 0.1) is 16.7 Å². The molecule has 0 bridgehead atoms. The second-order valence-electron chi connectivity index (χ2n) is 6.03. The zero-order valence-corrected chi connectivity index (χ0v) is 15.9. The van der Waals surface area contributed by atoms with E-state index in [-0.39, 0.29) is 11.7 Å². The number of halogens is 1. The molecule has 7 heteroatoms. The van der Waals surface area contributed by atoms with Crippen molar-refractivity contribution in [2.45, 2.75) is 6.92 Å². The van der Waals surface area contributed by atoms with Gasteiger partial charge in [0, 0.05) is 11.1 Å². The minimum atomic E-state index is -0.311. The molecule has 4 rings (SSSR count). The highest BCUT2D eigenvalue weighted by molar-refractivity contribution is 7.73. The molecule has 2 aromatic carbocycles. The molecule has 0 saturated heterocycles. The second kappa shape index (κ2) is 7.02. The normalized spacial score (nSPS) is 14.7. The van der Waals surface area contributed by atoms with Crippen LogP contribution in [0.4, 0.5) is 4.39 Å². The van der Waals surface area contributed by atoms with E-state index in [1.165, 1.54) is 23.5 Å². The number of nitrogens with zero attached hydrogens (tertiary/aromatic N) is 3. The van der Waals surface area contributed by atoms with Crippen LogP contribution in [0.1, 0.15) is 16.0 Å². The van der Waals surface area contributed by atoms with Gasteiger partial charge in [-0.05, 0) is 61.6 Å². The van der Waals surface area contributed by atoms with Crippen LogP contribution >= 0.6 is 23.6 Å². The summed E-state index contributed by atoms with van der Waals surface area (Å²) < 4.78 is 15.3. The van der Waals surface area contributed by atoms with Gasteiger partial charge in [0.25, 0.3) is 0 Å². The molecule has 0 radical (unpaired) electrons. The van der Waals surface area contributed by atoms with Gasteiger partial charge in [-0.2, -0.15) is 5.10 Å². The Morgan fingerprint density at radius 3 is 2.52 bits per heavy atom. The number of hydrogen-bond acceptors (Lipinski definition) is 5. The lowest BCUT2D eigenvalue weighted by molar-refractivity contribution is 0.441. The van der Waals surface area contributed by atoms with Crippen LogP contribution in [-0.2, 0) is 0 Å². The SMILES string of the molecule is Cc1ccc(-n2c(O)c(/C=C3/C=NN=C3c3ccc(F)cc3)sc2=S)cc1. The van der Waals surface area contributed by atoms with Crippen molar-refractivity contribution < 1.29 is 9.50 Å². The van der Waals surface area contributed by atoms with Gasteiger partial charge in [-0.3, -0.25) is 4.57 Å². The second-order valence-corrected chi connectivity index (χ2v) is 7.70. The van der Waals surface area contributed by atoms with Crippen LogP contribution in [0.25, 0.3) is 11.8 Å². The van der Waals surface area contributed by atoms with Crippen LogP contribution in [0.2, 0.25) is 0 Å². The lowest BCUT2D eigenvalue weighted by atomic mass is 10.0. The third-order valence-electron chi connectivity index (χ3n) is 4.14. The highest BCUT2D eigenvalue weighted by atomic mass is 32.1. The Morgan fingerprint density at radius 1 is 1.11 bits per heavy atom. The summed E-state index contributed by atoms with van der Waals surface area (Å²) in [5, 5.41) is 18.8. The molecular formula is C20H14FN3OS2. The van der Waals surface area contributed by atoms with Crippen LogP contribution in [0.3, 0.4) is 0 Å². The highest BCUT2D eigenvalue weighted by Gasteiger charge is 2.17. The summed E-state index contributed by atoms with van der Waals surface area (Å²) >= 11 is 6.74. The third-order valence-corrected chi connectivity index (χ3v) is 5.45. The van der Waals surface area contributed by atoms with Crippen molar-refractivity contribution in [3.63, 3.8) is 0 Å². The first-order valence-corrected chi connectivity index (χ1v) is 9.36. The average Bonchev–Trinajstić information content (AvgIpc) is 3.22. The molecule has 0 fully saturated rings. The van der Waals surface area contributed by atoms with Crippen molar-refractivity contribution in [3.05, 3.63) is 79.9 Å². The number of aryl methyl sites for hydroxylation is 1. The number of thiazole rings is 1. The molecule has 0 amide bonds. The maximum Gasteiger partial charge on any atom is 0.215 e. The van der Waals surface area contributed by atoms with Gasteiger partial charge in [-0.1, -0.05) is 17.7 Å². The Kier molecular flexibility index (Phi) is 4.55. The van der Waals surface area contributed by atoms with Gasteiger partial charge in [0.2, 0.25) is 5.88 Å². The number of benzene rings is 2. The van der Waals surface area contributed by atoms with Crippen LogP contribution in [0.15, 0.2) is 64.3 Å². The number of rotatable bonds is 3. The summed E-state index contributed by atoms with van der Waals surface area (Å²) in [6, 6.07) is 13.8. The molecule has 4 nitrogen and oxygen atoms in total. The smallest absolute Gasteiger partial charge is 0.215 e. The molecule has 0 saturated carbocycles. The largest absolute Gasteiger partial charge is 0.493 e. The van der Waals surface area contributed by atoms with E-state index in [0.717, 1.165) is 22.4 Å². The molecule has 0 unspecified atom stereocenters. The van der Waals surface area contributed by atoms with Crippen LogP contribution < -0.4 is 0 Å². The van der Waals surface area contributed by atoms with Gasteiger partial charge in [-0.25, -0.2) is 4.39 Å². The molecule has 27 heavy (non-hydrogen) atoms. The molecule has 0 atom stereocenters. The van der Waals surface area contributed by atoms with E-state index < -0.39 is 0 Å². The van der Waals surface area contributed by atoms with E-state index in [1.807, 2.05) is 31.2 Å². The van der Waals surface area contributed by atoms with Crippen molar-refractivity contribution in [3.8, 4) is 11.6 Å². The topological polar surface area (TPSA) is 49.9 Å². The fourth-order valence-corrected chi connectivity index (χ4v) is 4.05. The predicted octanol–water partition coefficient (Wildman–Crippen LogP) is 5.29. The average molecular weight is 395 g/mol. The third kappa shape index (κ3) is 3.39. The Labute approximate surface area is 164 Å². The van der Waals surface area contributed by atoms with E-state index in [9.17, 15) is 9.50 Å². The van der Waals surface area contributed by atoms with Crippen molar-refractivity contribution in [1.29, 1.82) is 0 Å². The lowest BCUT2D eigenvalue weighted by Gasteiger charge is -2.05. The first-order chi connectivity index (χ1) is 13.0. The Balaban J connectivity index is 1.74. The molecule has 0 spiro atoms. The fourth-order valence-electron chi connectivity index (χ4n) is 2.74. The lowest BCUT2D eigenvalue weighted by Crippen LogP contribution is -2.02. The number of aromatic nitrogens is 1. The summed E-state index contributed by atoms with van der Waals surface area (Å²) in [5.74, 6) is -0.241. The molecule has 134 valence electrons. The summed E-state index contributed by atoms with van der Waals surface area (Å²) in [5.41, 5.74) is 4.03. The number of aromatic hydroxyl groups is 1.